The summed E-state index contributed by atoms with van der Waals surface area (Å²) in [5.41, 5.74) is 6.37. The molecule has 3 aliphatic heterocycles. The number of carbonyl (C=O) groups is 1. The van der Waals surface area contributed by atoms with E-state index >= 15 is 0 Å². The van der Waals surface area contributed by atoms with Crippen molar-refractivity contribution in [3.05, 3.63) is 41.0 Å². The summed E-state index contributed by atoms with van der Waals surface area (Å²) in [5.74, 6) is 1.44. The first kappa shape index (κ1) is 21.5. The average molecular weight is 450 g/mol. The predicted molar refractivity (Wildman–Crippen MR) is 126 cm³/mol. The highest BCUT2D eigenvalue weighted by molar-refractivity contribution is 6.41. The SMILES string of the molecule is Cc1cccc(/C=N/Nc2nc3c(c(N4CCOCC4)n2)CC(C(=O)NC2CCOC2)=N3)c1. The third-order valence-corrected chi connectivity index (χ3v) is 5.81. The number of anilines is 2. The van der Waals surface area contributed by atoms with Gasteiger partial charge in [-0.3, -0.25) is 4.79 Å². The summed E-state index contributed by atoms with van der Waals surface area (Å²) in [6.07, 6.45) is 2.94. The van der Waals surface area contributed by atoms with Gasteiger partial charge in [0.2, 0.25) is 5.95 Å². The van der Waals surface area contributed by atoms with Crippen LogP contribution in [0.4, 0.5) is 17.6 Å². The average Bonchev–Trinajstić information content (AvgIpc) is 3.49. The molecule has 2 fully saturated rings. The predicted octanol–water partition coefficient (Wildman–Crippen LogP) is 1.60. The summed E-state index contributed by atoms with van der Waals surface area (Å²) in [6, 6.07) is 8.07. The van der Waals surface area contributed by atoms with Crippen LogP contribution in [0.15, 0.2) is 34.4 Å². The van der Waals surface area contributed by atoms with Crippen molar-refractivity contribution >= 4 is 35.4 Å². The fourth-order valence-corrected chi connectivity index (χ4v) is 4.10. The minimum atomic E-state index is -0.177. The number of amides is 1. The van der Waals surface area contributed by atoms with E-state index in [2.05, 4.69) is 30.7 Å². The van der Waals surface area contributed by atoms with E-state index in [9.17, 15) is 4.79 Å². The van der Waals surface area contributed by atoms with Crippen molar-refractivity contribution in [1.29, 1.82) is 0 Å². The van der Waals surface area contributed by atoms with E-state index in [0.29, 0.717) is 50.3 Å². The summed E-state index contributed by atoms with van der Waals surface area (Å²) in [6.45, 7) is 5.94. The van der Waals surface area contributed by atoms with Gasteiger partial charge in [0, 0.05) is 31.7 Å². The highest BCUT2D eigenvalue weighted by atomic mass is 16.5. The molecule has 2 N–H and O–H groups in total. The molecule has 10 nitrogen and oxygen atoms in total. The lowest BCUT2D eigenvalue weighted by Crippen LogP contribution is -2.40. The molecule has 1 aromatic carbocycles. The monoisotopic (exact) mass is 449 g/mol. The van der Waals surface area contributed by atoms with Crippen LogP contribution in [0.5, 0.6) is 0 Å². The van der Waals surface area contributed by atoms with Crippen LogP contribution in [0.3, 0.4) is 0 Å². The van der Waals surface area contributed by atoms with Gasteiger partial charge in [-0.05, 0) is 18.9 Å². The molecule has 3 aliphatic rings. The summed E-state index contributed by atoms with van der Waals surface area (Å²) < 4.78 is 10.9. The highest BCUT2D eigenvalue weighted by Gasteiger charge is 2.30. The first-order valence-electron chi connectivity index (χ1n) is 11.2. The molecule has 1 atom stereocenters. The van der Waals surface area contributed by atoms with Crippen LogP contribution in [0.25, 0.3) is 0 Å². The number of hydrogen-bond donors (Lipinski definition) is 2. The number of benzene rings is 1. The number of hydrazone groups is 1. The summed E-state index contributed by atoms with van der Waals surface area (Å²) in [4.78, 5) is 28.7. The number of hydrogen-bond acceptors (Lipinski definition) is 9. The molecule has 0 radical (unpaired) electrons. The molecule has 172 valence electrons. The van der Waals surface area contributed by atoms with Gasteiger partial charge in [-0.15, -0.1) is 0 Å². The number of aliphatic imine (C=N–C) groups is 1. The molecule has 5 rings (SSSR count). The topological polar surface area (TPSA) is 113 Å². The van der Waals surface area contributed by atoms with E-state index in [4.69, 9.17) is 14.5 Å². The van der Waals surface area contributed by atoms with Crippen LogP contribution < -0.4 is 15.6 Å². The van der Waals surface area contributed by atoms with Crippen LogP contribution in [0.1, 0.15) is 23.1 Å². The maximum atomic E-state index is 12.8. The van der Waals surface area contributed by atoms with E-state index in [1.165, 1.54) is 0 Å². The van der Waals surface area contributed by atoms with Gasteiger partial charge in [0.05, 0.1) is 32.1 Å². The molecule has 1 unspecified atom stereocenters. The molecule has 4 heterocycles. The standard InChI is InChI=1S/C23H27N7O3/c1-15-3-2-4-16(11-15)13-24-29-23-27-20-18(21(28-23)30-6-9-32-10-7-30)12-19(26-20)22(31)25-17-5-8-33-14-17/h2-4,11,13,17H,5-10,12,14H2,1H3,(H,25,31)(H,27,28,29)/b24-13+. The van der Waals surface area contributed by atoms with Gasteiger partial charge < -0.3 is 19.7 Å². The first-order chi connectivity index (χ1) is 16.2. The van der Waals surface area contributed by atoms with Crippen molar-refractivity contribution in [3.8, 4) is 0 Å². The van der Waals surface area contributed by atoms with E-state index in [1.54, 1.807) is 6.21 Å². The van der Waals surface area contributed by atoms with Gasteiger partial charge in [-0.25, -0.2) is 10.4 Å². The molecule has 0 spiro atoms. The molecule has 2 aromatic rings. The fourth-order valence-electron chi connectivity index (χ4n) is 4.10. The maximum absolute atomic E-state index is 12.8. The second-order valence-electron chi connectivity index (χ2n) is 8.33. The Balaban J connectivity index is 1.38. The van der Waals surface area contributed by atoms with Gasteiger partial charge in [-0.1, -0.05) is 29.8 Å². The molecule has 0 saturated carbocycles. The highest BCUT2D eigenvalue weighted by Crippen LogP contribution is 2.34. The Hall–Kier alpha value is -3.37. The van der Waals surface area contributed by atoms with Crippen LogP contribution >= 0.6 is 0 Å². The fraction of sp³-hybridized carbons (Fsp3) is 0.435. The molecule has 1 aromatic heterocycles. The third-order valence-electron chi connectivity index (χ3n) is 5.81. The first-order valence-corrected chi connectivity index (χ1v) is 11.2. The molecular formula is C23H27N7O3. The normalized spacial score (nSPS) is 20.1. The van der Waals surface area contributed by atoms with Gasteiger partial charge in [-0.2, -0.15) is 15.1 Å². The van der Waals surface area contributed by atoms with Crippen LogP contribution in [0.2, 0.25) is 0 Å². The zero-order valence-electron chi connectivity index (χ0n) is 18.6. The number of rotatable bonds is 6. The van der Waals surface area contributed by atoms with Crippen molar-refractivity contribution in [2.24, 2.45) is 10.1 Å². The van der Waals surface area contributed by atoms with E-state index in [1.807, 2.05) is 31.2 Å². The lowest BCUT2D eigenvalue weighted by Gasteiger charge is -2.29. The minimum absolute atomic E-state index is 0.0295. The number of carbonyl (C=O) groups excluding carboxylic acids is 1. The van der Waals surface area contributed by atoms with Crippen LogP contribution in [0, 0.1) is 6.92 Å². The molecule has 0 bridgehead atoms. The Morgan fingerprint density at radius 3 is 2.88 bits per heavy atom. The van der Waals surface area contributed by atoms with Crippen molar-refractivity contribution in [2.75, 3.05) is 49.8 Å². The van der Waals surface area contributed by atoms with Gasteiger partial charge >= 0.3 is 0 Å². The molecule has 1 amide bonds. The summed E-state index contributed by atoms with van der Waals surface area (Å²) in [5, 5.41) is 7.31. The third kappa shape index (κ3) is 5.01. The smallest absolute Gasteiger partial charge is 0.266 e. The zero-order chi connectivity index (χ0) is 22.6. The van der Waals surface area contributed by atoms with E-state index < -0.39 is 0 Å². The lowest BCUT2D eigenvalue weighted by molar-refractivity contribution is -0.115. The van der Waals surface area contributed by atoms with Crippen molar-refractivity contribution in [3.63, 3.8) is 0 Å². The molecular weight excluding hydrogens is 422 g/mol. The summed E-state index contributed by atoms with van der Waals surface area (Å²) in [7, 11) is 0. The number of morpholine rings is 1. The van der Waals surface area contributed by atoms with E-state index in [0.717, 1.165) is 42.0 Å². The number of aromatic nitrogens is 2. The van der Waals surface area contributed by atoms with Crippen molar-refractivity contribution < 1.29 is 14.3 Å². The van der Waals surface area contributed by atoms with Crippen LogP contribution in [-0.2, 0) is 20.7 Å². The second kappa shape index (κ2) is 9.63. The molecule has 2 saturated heterocycles. The second-order valence-corrected chi connectivity index (χ2v) is 8.33. The Morgan fingerprint density at radius 2 is 2.09 bits per heavy atom. The van der Waals surface area contributed by atoms with E-state index in [-0.39, 0.29) is 11.9 Å². The summed E-state index contributed by atoms with van der Waals surface area (Å²) >= 11 is 0. The van der Waals surface area contributed by atoms with Crippen molar-refractivity contribution in [1.82, 2.24) is 15.3 Å². The van der Waals surface area contributed by atoms with Crippen molar-refractivity contribution in [2.45, 2.75) is 25.8 Å². The number of aryl methyl sites for hydroxylation is 1. The quantitative estimate of drug-likeness (QED) is 0.509. The van der Waals surface area contributed by atoms with Gasteiger partial charge in [0.15, 0.2) is 5.82 Å². The number of fused-ring (bicyclic) bond motifs is 1. The molecule has 0 aliphatic carbocycles. The Bertz CT molecular complexity index is 1090. The Labute approximate surface area is 192 Å². The Morgan fingerprint density at radius 1 is 1.21 bits per heavy atom. The number of nitrogens with one attached hydrogen (secondary N) is 2. The Kier molecular flexibility index (Phi) is 6.27. The minimum Gasteiger partial charge on any atom is -0.379 e. The maximum Gasteiger partial charge on any atom is 0.266 e. The van der Waals surface area contributed by atoms with Gasteiger partial charge in [0.25, 0.3) is 5.91 Å². The zero-order valence-corrected chi connectivity index (χ0v) is 18.6. The molecule has 33 heavy (non-hydrogen) atoms. The van der Waals surface area contributed by atoms with Gasteiger partial charge in [0.1, 0.15) is 11.5 Å². The molecule has 10 heteroatoms. The number of nitrogens with zero attached hydrogens (tertiary/aromatic N) is 5. The number of ether oxygens (including phenoxy) is 2. The lowest BCUT2D eigenvalue weighted by atomic mass is 10.1. The largest absolute Gasteiger partial charge is 0.379 e. The van der Waals surface area contributed by atoms with Crippen LogP contribution in [-0.4, -0.2) is 73.4 Å².